The summed E-state index contributed by atoms with van der Waals surface area (Å²) >= 11 is 1.84. The number of esters is 2. The smallest absolute Gasteiger partial charge is 0.337 e. The van der Waals surface area contributed by atoms with E-state index in [1.54, 1.807) is 12.1 Å². The first-order chi connectivity index (χ1) is 12.8. The van der Waals surface area contributed by atoms with Gasteiger partial charge < -0.3 is 19.7 Å². The highest BCUT2D eigenvalue weighted by atomic mass is 127. The number of halogens is 1. The lowest BCUT2D eigenvalue weighted by Crippen LogP contribution is -2.02. The molecule has 138 valence electrons. The van der Waals surface area contributed by atoms with Crippen molar-refractivity contribution in [3.63, 3.8) is 0 Å². The molecule has 0 aliphatic carbocycles. The first-order valence-corrected chi connectivity index (χ1v) is 8.19. The van der Waals surface area contributed by atoms with Crippen molar-refractivity contribution in [1.29, 1.82) is 10.5 Å². The molecular formula is C18H13IN2O6. The summed E-state index contributed by atoms with van der Waals surface area (Å²) in [6.45, 7) is 0. The molecule has 2 aromatic rings. The van der Waals surface area contributed by atoms with Gasteiger partial charge in [-0.25, -0.2) is 9.59 Å². The van der Waals surface area contributed by atoms with E-state index in [1.165, 1.54) is 44.6 Å². The number of ether oxygens (including phenoxy) is 2. The fourth-order valence-corrected chi connectivity index (χ4v) is 2.42. The summed E-state index contributed by atoms with van der Waals surface area (Å²) in [6.07, 6.45) is 0. The van der Waals surface area contributed by atoms with E-state index in [0.717, 1.165) is 0 Å². The number of carbonyl (C=O) groups excluding carboxylic acids is 2. The van der Waals surface area contributed by atoms with Crippen LogP contribution >= 0.6 is 22.6 Å². The van der Waals surface area contributed by atoms with Crippen LogP contribution in [0.1, 0.15) is 31.8 Å². The fourth-order valence-electron chi connectivity index (χ4n) is 1.79. The summed E-state index contributed by atoms with van der Waals surface area (Å²) in [5.41, 5.74) is 0.628. The van der Waals surface area contributed by atoms with Gasteiger partial charge in [0.25, 0.3) is 0 Å². The van der Waals surface area contributed by atoms with Gasteiger partial charge >= 0.3 is 11.9 Å². The van der Waals surface area contributed by atoms with Gasteiger partial charge in [0.15, 0.2) is 0 Å². The molecule has 2 aromatic carbocycles. The maximum absolute atomic E-state index is 11.1. The summed E-state index contributed by atoms with van der Waals surface area (Å²) < 4.78 is 9.39. The van der Waals surface area contributed by atoms with Crippen LogP contribution in [-0.2, 0) is 9.47 Å². The number of hydrogen-bond acceptors (Lipinski definition) is 8. The normalized spacial score (nSPS) is 9.07. The van der Waals surface area contributed by atoms with Crippen LogP contribution in [0.5, 0.6) is 11.5 Å². The molecule has 9 heteroatoms. The van der Waals surface area contributed by atoms with Crippen molar-refractivity contribution in [2.24, 2.45) is 0 Å². The molecule has 8 nitrogen and oxygen atoms in total. The Balaban J connectivity index is 0.000000271. The van der Waals surface area contributed by atoms with Crippen molar-refractivity contribution < 1.29 is 29.3 Å². The van der Waals surface area contributed by atoms with Gasteiger partial charge in [0.2, 0.25) is 0 Å². The Kier molecular flexibility index (Phi) is 8.04. The van der Waals surface area contributed by atoms with Crippen molar-refractivity contribution in [1.82, 2.24) is 0 Å². The lowest BCUT2D eigenvalue weighted by Gasteiger charge is -2.03. The van der Waals surface area contributed by atoms with E-state index in [0.29, 0.717) is 3.57 Å². The van der Waals surface area contributed by atoms with Gasteiger partial charge in [0.05, 0.1) is 40.0 Å². The van der Waals surface area contributed by atoms with Crippen LogP contribution in [0.15, 0.2) is 30.3 Å². The molecule has 2 N–H and O–H groups in total. The van der Waals surface area contributed by atoms with Crippen molar-refractivity contribution in [3.8, 4) is 23.6 Å². The van der Waals surface area contributed by atoms with E-state index in [2.05, 4.69) is 9.47 Å². The van der Waals surface area contributed by atoms with Gasteiger partial charge in [0.1, 0.15) is 23.6 Å². The van der Waals surface area contributed by atoms with Crippen LogP contribution in [0.25, 0.3) is 0 Å². The average Bonchev–Trinajstić information content (AvgIpc) is 2.69. The van der Waals surface area contributed by atoms with Gasteiger partial charge in [-0.1, -0.05) is 0 Å². The van der Waals surface area contributed by atoms with Crippen molar-refractivity contribution >= 4 is 34.5 Å². The van der Waals surface area contributed by atoms with Crippen molar-refractivity contribution in [2.45, 2.75) is 0 Å². The predicted octanol–water partition coefficient (Wildman–Crippen LogP) is 2.71. The van der Waals surface area contributed by atoms with Gasteiger partial charge in [-0.3, -0.25) is 0 Å². The summed E-state index contributed by atoms with van der Waals surface area (Å²) in [6, 6.07) is 10.3. The van der Waals surface area contributed by atoms with Crippen LogP contribution in [0, 0.1) is 26.2 Å². The number of nitriles is 2. The molecule has 27 heavy (non-hydrogen) atoms. The minimum absolute atomic E-state index is 0.0582. The molecule has 0 atom stereocenters. The number of rotatable bonds is 2. The number of carbonyl (C=O) groups is 2. The zero-order valence-electron chi connectivity index (χ0n) is 14.2. The maximum Gasteiger partial charge on any atom is 0.337 e. The second kappa shape index (κ2) is 9.99. The van der Waals surface area contributed by atoms with Gasteiger partial charge in [0, 0.05) is 0 Å². The highest BCUT2D eigenvalue weighted by molar-refractivity contribution is 14.1. The summed E-state index contributed by atoms with van der Waals surface area (Å²) in [4.78, 5) is 22.1. The lowest BCUT2D eigenvalue weighted by atomic mass is 10.1. The summed E-state index contributed by atoms with van der Waals surface area (Å²) in [5, 5.41) is 35.7. The largest absolute Gasteiger partial charge is 0.507 e. The van der Waals surface area contributed by atoms with Crippen LogP contribution in [0.3, 0.4) is 0 Å². The summed E-state index contributed by atoms with van der Waals surface area (Å²) in [5.74, 6) is -1.31. The van der Waals surface area contributed by atoms with Crippen molar-refractivity contribution in [3.05, 3.63) is 56.2 Å². The Hall–Kier alpha value is -3.31. The third-order valence-electron chi connectivity index (χ3n) is 3.14. The number of phenols is 2. The zero-order valence-corrected chi connectivity index (χ0v) is 16.3. The van der Waals surface area contributed by atoms with Crippen LogP contribution in [0.4, 0.5) is 0 Å². The molecule has 0 amide bonds. The Labute approximate surface area is 168 Å². The Morgan fingerprint density at radius 1 is 0.926 bits per heavy atom. The first kappa shape index (κ1) is 21.7. The minimum Gasteiger partial charge on any atom is -0.507 e. The fraction of sp³-hybridized carbons (Fsp3) is 0.111. The number of aromatic hydroxyl groups is 2. The van der Waals surface area contributed by atoms with Crippen LogP contribution in [-0.4, -0.2) is 36.4 Å². The molecule has 0 heterocycles. The molecule has 0 aliphatic heterocycles. The van der Waals surface area contributed by atoms with Gasteiger partial charge in [-0.2, -0.15) is 10.5 Å². The van der Waals surface area contributed by atoms with E-state index in [4.69, 9.17) is 15.6 Å². The first-order valence-electron chi connectivity index (χ1n) is 7.11. The highest BCUT2D eigenvalue weighted by Crippen LogP contribution is 2.25. The molecule has 0 saturated heterocycles. The zero-order chi connectivity index (χ0) is 20.6. The quantitative estimate of drug-likeness (QED) is 0.494. The molecule has 0 saturated carbocycles. The van der Waals surface area contributed by atoms with E-state index in [1.807, 2.05) is 22.6 Å². The molecule has 0 radical (unpaired) electrons. The number of methoxy groups -OCH3 is 2. The topological polar surface area (TPSA) is 141 Å². The monoisotopic (exact) mass is 480 g/mol. The predicted molar refractivity (Wildman–Crippen MR) is 101 cm³/mol. The van der Waals surface area contributed by atoms with E-state index in [-0.39, 0.29) is 33.8 Å². The van der Waals surface area contributed by atoms with Crippen molar-refractivity contribution in [2.75, 3.05) is 14.2 Å². The number of phenolic OH excluding ortho intramolecular Hbond substituents is 2. The SMILES string of the molecule is COC(=O)c1cc(I)c(O)c(C#N)c1.COC(=O)c1ccc(O)c(C#N)c1. The molecule has 2 rings (SSSR count). The molecule has 0 aliphatic rings. The van der Waals surface area contributed by atoms with E-state index in [9.17, 15) is 14.7 Å². The molecule has 0 spiro atoms. The molecule has 0 unspecified atom stereocenters. The standard InChI is InChI=1S/C9H6INO3.C9H7NO3/c1-14-9(13)5-2-6(4-11)8(12)7(10)3-5;1-13-9(12)6-2-3-8(11)7(4-6)5-10/h2-3,12H,1H3;2-4,11H,1H3. The van der Waals surface area contributed by atoms with E-state index < -0.39 is 11.9 Å². The third-order valence-corrected chi connectivity index (χ3v) is 3.97. The number of nitrogens with zero attached hydrogens (tertiary/aromatic N) is 2. The molecule has 0 aromatic heterocycles. The minimum atomic E-state index is -0.531. The number of benzene rings is 2. The maximum atomic E-state index is 11.1. The summed E-state index contributed by atoms with van der Waals surface area (Å²) in [7, 11) is 2.51. The highest BCUT2D eigenvalue weighted by Gasteiger charge is 2.12. The second-order valence-corrected chi connectivity index (χ2v) is 5.96. The molecule has 0 bridgehead atoms. The Bertz CT molecular complexity index is 960. The molecular weight excluding hydrogens is 467 g/mol. The van der Waals surface area contributed by atoms with Crippen LogP contribution in [0.2, 0.25) is 0 Å². The third kappa shape index (κ3) is 5.59. The Morgan fingerprint density at radius 3 is 1.96 bits per heavy atom. The van der Waals surface area contributed by atoms with Crippen LogP contribution < -0.4 is 0 Å². The second-order valence-electron chi connectivity index (χ2n) is 4.79. The number of hydrogen-bond donors (Lipinski definition) is 2. The van der Waals surface area contributed by atoms with E-state index >= 15 is 0 Å². The average molecular weight is 480 g/mol. The Morgan fingerprint density at radius 2 is 1.44 bits per heavy atom. The molecule has 0 fully saturated rings. The van der Waals surface area contributed by atoms with Gasteiger partial charge in [-0.15, -0.1) is 0 Å². The van der Waals surface area contributed by atoms with Gasteiger partial charge in [-0.05, 0) is 52.9 Å². The lowest BCUT2D eigenvalue weighted by molar-refractivity contribution is 0.0591.